The van der Waals surface area contributed by atoms with Crippen LogP contribution in [-0.4, -0.2) is 61.4 Å². The van der Waals surface area contributed by atoms with E-state index in [0.717, 1.165) is 50.6 Å². The van der Waals surface area contributed by atoms with Crippen LogP contribution in [0.25, 0.3) is 32.3 Å². The molecule has 0 saturated carbocycles. The lowest BCUT2D eigenvalue weighted by atomic mass is 10.0. The average molecular weight is 813 g/mol. The number of rotatable bonds is 14. The molecule has 0 aliphatic carbocycles. The highest BCUT2D eigenvalue weighted by molar-refractivity contribution is 6.01. The number of ether oxygens (including phenoxy) is 4. The Balaban J connectivity index is 0.000000276. The van der Waals surface area contributed by atoms with E-state index in [2.05, 4.69) is 27.7 Å². The number of benzene rings is 7. The van der Waals surface area contributed by atoms with Crippen molar-refractivity contribution in [3.63, 3.8) is 0 Å². The van der Waals surface area contributed by atoms with E-state index in [0.29, 0.717) is 28.4 Å². The van der Waals surface area contributed by atoms with Gasteiger partial charge in [0.25, 0.3) is 0 Å². The maximum atomic E-state index is 11.6. The monoisotopic (exact) mass is 812 g/mol. The van der Waals surface area contributed by atoms with Crippen LogP contribution in [0, 0.1) is 0 Å². The summed E-state index contributed by atoms with van der Waals surface area (Å²) < 4.78 is 22.6. The van der Waals surface area contributed by atoms with E-state index < -0.39 is 12.2 Å². The van der Waals surface area contributed by atoms with Gasteiger partial charge in [-0.15, -0.1) is 0 Å². The molecule has 60 heavy (non-hydrogen) atoms. The second-order valence-corrected chi connectivity index (χ2v) is 13.4. The number of para-hydroxylation sites is 1. The van der Waals surface area contributed by atoms with E-state index in [1.807, 2.05) is 147 Å². The van der Waals surface area contributed by atoms with E-state index in [1.54, 1.807) is 12.1 Å². The largest absolute Gasteiger partial charge is 0.491 e. The van der Waals surface area contributed by atoms with Gasteiger partial charge in [0.2, 0.25) is 0 Å². The molecule has 8 nitrogen and oxygen atoms in total. The summed E-state index contributed by atoms with van der Waals surface area (Å²) >= 11 is 0. The summed E-state index contributed by atoms with van der Waals surface area (Å²) in [6.45, 7) is 12.8. The first kappa shape index (κ1) is 48.2. The first-order chi connectivity index (χ1) is 29.4. The summed E-state index contributed by atoms with van der Waals surface area (Å²) in [6.07, 6.45) is 2.45. The molecular weight excluding hydrogens is 753 g/mol. The molecule has 2 N–H and O–H groups in total. The van der Waals surface area contributed by atoms with Gasteiger partial charge in [-0.3, -0.25) is 9.59 Å². The topological polar surface area (TPSA) is 112 Å². The lowest BCUT2D eigenvalue weighted by Gasteiger charge is -2.16. The zero-order valence-corrected chi connectivity index (χ0v) is 35.8. The fraction of sp³-hybridized carbons (Fsp3) is 0.269. The summed E-state index contributed by atoms with van der Waals surface area (Å²) in [5.41, 5.74) is 0.976. The maximum absolute atomic E-state index is 11.6. The van der Waals surface area contributed by atoms with Crippen LogP contribution < -0.4 is 18.9 Å². The summed E-state index contributed by atoms with van der Waals surface area (Å²) in [5.74, 6) is 2.33. The van der Waals surface area contributed by atoms with Crippen molar-refractivity contribution in [1.29, 1.82) is 0 Å². The molecule has 7 aromatic rings. The zero-order chi connectivity index (χ0) is 43.5. The second kappa shape index (κ2) is 27.5. The second-order valence-electron chi connectivity index (χ2n) is 13.4. The van der Waals surface area contributed by atoms with E-state index >= 15 is 0 Å². The average Bonchev–Trinajstić information content (AvgIpc) is 3.30. The van der Waals surface area contributed by atoms with Gasteiger partial charge in [-0.25, -0.2) is 0 Å². The molecule has 7 rings (SSSR count). The minimum absolute atomic E-state index is 0.0317. The highest BCUT2D eigenvalue weighted by atomic mass is 16.5. The van der Waals surface area contributed by atoms with Crippen LogP contribution in [0.3, 0.4) is 0 Å². The van der Waals surface area contributed by atoms with Gasteiger partial charge >= 0.3 is 0 Å². The first-order valence-corrected chi connectivity index (χ1v) is 20.7. The number of aldehydes is 2. The van der Waals surface area contributed by atoms with Crippen LogP contribution in [0.15, 0.2) is 146 Å². The Kier molecular flexibility index (Phi) is 22.0. The van der Waals surface area contributed by atoms with Crippen molar-refractivity contribution in [2.45, 2.75) is 66.6 Å². The predicted molar refractivity (Wildman–Crippen MR) is 246 cm³/mol. The third-order valence-electron chi connectivity index (χ3n) is 8.33. The van der Waals surface area contributed by atoms with Crippen LogP contribution in [0.4, 0.5) is 0 Å². The van der Waals surface area contributed by atoms with Gasteiger partial charge < -0.3 is 29.2 Å². The van der Waals surface area contributed by atoms with Gasteiger partial charge in [0.1, 0.15) is 61.6 Å². The molecule has 0 heterocycles. The Hall–Kier alpha value is -6.22. The molecule has 0 saturated heterocycles. The Morgan fingerprint density at radius 2 is 0.767 bits per heavy atom. The lowest BCUT2D eigenvalue weighted by Crippen LogP contribution is -2.25. The molecule has 0 fully saturated rings. The quantitative estimate of drug-likeness (QED) is 0.104. The number of aliphatic hydroxyl groups is 2. The lowest BCUT2D eigenvalue weighted by molar-refractivity contribution is 0.0623. The molecule has 0 aliphatic rings. The fourth-order valence-electron chi connectivity index (χ4n) is 5.73. The minimum Gasteiger partial charge on any atom is -0.491 e. The third kappa shape index (κ3) is 14.9. The zero-order valence-electron chi connectivity index (χ0n) is 35.8. The molecule has 0 radical (unpaired) electrons. The van der Waals surface area contributed by atoms with Crippen LogP contribution in [0.2, 0.25) is 0 Å². The number of carbonyl (C=O) groups excluding carboxylic acids is 2. The maximum Gasteiger partial charge on any atom is 0.154 e. The van der Waals surface area contributed by atoms with Gasteiger partial charge in [0.05, 0.1) is 11.1 Å². The first-order valence-electron chi connectivity index (χ1n) is 20.7. The number of aliphatic hydroxyl groups excluding tert-OH is 2. The summed E-state index contributed by atoms with van der Waals surface area (Å²) in [4.78, 5) is 23.0. The molecule has 2 unspecified atom stereocenters. The number of fused-ring (bicyclic) bond motifs is 3. The van der Waals surface area contributed by atoms with Crippen molar-refractivity contribution < 1.29 is 38.7 Å². The van der Waals surface area contributed by atoms with Gasteiger partial charge in [0.15, 0.2) is 12.6 Å². The van der Waals surface area contributed by atoms with Crippen LogP contribution in [0.5, 0.6) is 23.0 Å². The number of hydrogen-bond donors (Lipinski definition) is 2. The highest BCUT2D eigenvalue weighted by Gasteiger charge is 2.14. The fourth-order valence-corrected chi connectivity index (χ4v) is 5.73. The number of carbonyl (C=O) groups is 2. The third-order valence-corrected chi connectivity index (χ3v) is 8.33. The van der Waals surface area contributed by atoms with Crippen molar-refractivity contribution in [3.05, 3.63) is 157 Å². The van der Waals surface area contributed by atoms with E-state index in [1.165, 1.54) is 12.8 Å². The molecule has 7 aromatic carbocycles. The molecule has 0 aromatic heterocycles. The van der Waals surface area contributed by atoms with Crippen LogP contribution in [-0.2, 0) is 0 Å². The van der Waals surface area contributed by atoms with Crippen LogP contribution >= 0.6 is 0 Å². The Morgan fingerprint density at radius 3 is 1.22 bits per heavy atom. The van der Waals surface area contributed by atoms with Crippen LogP contribution in [0.1, 0.15) is 75.1 Å². The van der Waals surface area contributed by atoms with Gasteiger partial charge in [-0.05, 0) is 57.3 Å². The van der Waals surface area contributed by atoms with E-state index in [4.69, 9.17) is 18.9 Å². The molecular formula is C52H60O8. The molecule has 0 spiro atoms. The van der Waals surface area contributed by atoms with Crippen molar-refractivity contribution in [3.8, 4) is 23.0 Å². The highest BCUT2D eigenvalue weighted by Crippen LogP contribution is 2.29. The molecule has 316 valence electrons. The van der Waals surface area contributed by atoms with Gasteiger partial charge in [-0.2, -0.15) is 0 Å². The molecule has 0 bridgehead atoms. The van der Waals surface area contributed by atoms with Crippen molar-refractivity contribution >= 4 is 44.9 Å². The Labute approximate surface area is 355 Å². The summed E-state index contributed by atoms with van der Waals surface area (Å²) in [7, 11) is 0. The summed E-state index contributed by atoms with van der Waals surface area (Å²) in [5, 5.41) is 26.0. The predicted octanol–water partition coefficient (Wildman–Crippen LogP) is 12.0. The standard InChI is InChI=1S/C24H20O4.C20H18O4.2C3H8.C2H6/c25-14-22-20-9-3-1-7-18(20)12-13-24(22)28-16-19(26)15-27-23-11-5-8-17-6-2-4-10-21(17)23;21-12-19-18-9-5-4-6-15(18)10-11-20(19)24-14-16(22)13-23-17-7-2-1-3-8-17;2*1-3-2;1-2/h1-14,19,26H,15-16H2;1-12,16,22H,13-14H2;2*3H2,1-2H3;1-2H3. The molecule has 0 aliphatic heterocycles. The van der Waals surface area contributed by atoms with Gasteiger partial charge in [-0.1, -0.05) is 170 Å². The summed E-state index contributed by atoms with van der Waals surface area (Å²) in [6, 6.07) is 45.5. The SMILES string of the molecule is CC.CCC.CCC.O=Cc1c(OCC(O)COc2cccc3ccccc23)ccc2ccccc12.O=Cc1c(OCC(O)COc2ccccc2)ccc2ccccc12. The number of hydrogen-bond acceptors (Lipinski definition) is 8. The Morgan fingerprint density at radius 1 is 0.417 bits per heavy atom. The molecule has 2 atom stereocenters. The van der Waals surface area contributed by atoms with Crippen molar-refractivity contribution in [1.82, 2.24) is 0 Å². The normalized spacial score (nSPS) is 11.1. The molecule has 8 heteroatoms. The van der Waals surface area contributed by atoms with Crippen molar-refractivity contribution in [2.24, 2.45) is 0 Å². The van der Waals surface area contributed by atoms with E-state index in [9.17, 15) is 19.8 Å². The minimum atomic E-state index is -0.829. The smallest absolute Gasteiger partial charge is 0.154 e. The van der Waals surface area contributed by atoms with Crippen molar-refractivity contribution in [2.75, 3.05) is 26.4 Å². The van der Waals surface area contributed by atoms with E-state index in [-0.39, 0.29) is 26.4 Å². The molecule has 0 amide bonds. The van der Waals surface area contributed by atoms with Gasteiger partial charge in [0, 0.05) is 5.39 Å². The Bertz CT molecular complexity index is 2280.